The minimum Gasteiger partial charge on any atom is -0.489 e. The van der Waals surface area contributed by atoms with E-state index in [1.807, 2.05) is 12.1 Å². The molecule has 3 atom stereocenters. The van der Waals surface area contributed by atoms with Crippen LogP contribution >= 0.6 is 0 Å². The molecule has 3 saturated heterocycles. The van der Waals surface area contributed by atoms with Crippen LogP contribution < -0.4 is 10.1 Å². The number of rotatable bonds is 5. The molecule has 5 aliphatic rings. The predicted molar refractivity (Wildman–Crippen MR) is 135 cm³/mol. The number of nitrogens with zero attached hydrogens (tertiary/aromatic N) is 3. The van der Waals surface area contributed by atoms with Gasteiger partial charge in [0.1, 0.15) is 17.9 Å². The molecule has 4 fully saturated rings. The van der Waals surface area contributed by atoms with Crippen molar-refractivity contribution >= 4 is 23.6 Å². The number of hydrogen-bond donors (Lipinski definition) is 1. The molecule has 6 rings (SSSR count). The van der Waals surface area contributed by atoms with Crippen LogP contribution in [0.25, 0.3) is 0 Å². The molecule has 0 bridgehead atoms. The Morgan fingerprint density at radius 2 is 1.73 bits per heavy atom. The average Bonchev–Trinajstić information content (AvgIpc) is 3.20. The Morgan fingerprint density at radius 1 is 0.946 bits per heavy atom. The number of benzene rings is 1. The van der Waals surface area contributed by atoms with Gasteiger partial charge in [-0.05, 0) is 68.7 Å². The summed E-state index contributed by atoms with van der Waals surface area (Å²) in [6.07, 6.45) is 8.48. The van der Waals surface area contributed by atoms with Crippen LogP contribution in [-0.2, 0) is 20.9 Å². The van der Waals surface area contributed by atoms with Crippen molar-refractivity contribution < 1.29 is 23.9 Å². The molecule has 37 heavy (non-hydrogen) atoms. The summed E-state index contributed by atoms with van der Waals surface area (Å²) < 4.78 is 6.52. The third kappa shape index (κ3) is 4.74. The predicted octanol–water partition coefficient (Wildman–Crippen LogP) is 2.08. The lowest BCUT2D eigenvalue weighted by atomic mass is 9.86. The lowest BCUT2D eigenvalue weighted by Crippen LogP contribution is -2.61. The molecular formula is C28H36N4O5. The maximum atomic E-state index is 13.0. The molecule has 9 heteroatoms. The van der Waals surface area contributed by atoms with E-state index in [1.54, 1.807) is 11.0 Å². The first-order valence-corrected chi connectivity index (χ1v) is 13.9. The molecule has 4 aliphatic heterocycles. The fraction of sp³-hybridized carbons (Fsp3) is 0.643. The number of piperidine rings is 2. The summed E-state index contributed by atoms with van der Waals surface area (Å²) in [6, 6.07) is 5.28. The zero-order chi connectivity index (χ0) is 25.5. The summed E-state index contributed by atoms with van der Waals surface area (Å²) in [5.74, 6) is 0.336. The third-order valence-corrected chi connectivity index (χ3v) is 8.85. The maximum absolute atomic E-state index is 13.0. The van der Waals surface area contributed by atoms with E-state index >= 15 is 0 Å². The molecule has 3 unspecified atom stereocenters. The first kappa shape index (κ1) is 24.4. The number of carbonyl (C=O) groups excluding carboxylic acids is 4. The Bertz CT molecular complexity index is 1090. The van der Waals surface area contributed by atoms with Gasteiger partial charge < -0.3 is 14.5 Å². The number of imide groups is 1. The Labute approximate surface area is 217 Å². The maximum Gasteiger partial charge on any atom is 0.255 e. The molecule has 1 aliphatic carbocycles. The van der Waals surface area contributed by atoms with E-state index < -0.39 is 11.9 Å². The number of amides is 4. The van der Waals surface area contributed by atoms with Crippen LogP contribution in [0, 0.1) is 5.92 Å². The third-order valence-electron chi connectivity index (χ3n) is 8.85. The van der Waals surface area contributed by atoms with Crippen molar-refractivity contribution in [2.75, 3.05) is 26.2 Å². The van der Waals surface area contributed by atoms with Crippen LogP contribution in [0.1, 0.15) is 73.7 Å². The summed E-state index contributed by atoms with van der Waals surface area (Å²) in [5.41, 5.74) is 1.45. The highest BCUT2D eigenvalue weighted by molar-refractivity contribution is 6.05. The number of hydrogen-bond acceptors (Lipinski definition) is 6. The molecule has 0 spiro atoms. The van der Waals surface area contributed by atoms with Crippen molar-refractivity contribution in [1.82, 2.24) is 20.0 Å². The van der Waals surface area contributed by atoms with Crippen molar-refractivity contribution in [2.45, 2.75) is 82.5 Å². The highest BCUT2D eigenvalue weighted by Gasteiger charge is 2.43. The van der Waals surface area contributed by atoms with Crippen LogP contribution in [0.4, 0.5) is 0 Å². The average molecular weight is 509 g/mol. The summed E-state index contributed by atoms with van der Waals surface area (Å²) >= 11 is 0. The van der Waals surface area contributed by atoms with Crippen molar-refractivity contribution in [3.05, 3.63) is 29.3 Å². The second-order valence-corrected chi connectivity index (χ2v) is 11.3. The Kier molecular flexibility index (Phi) is 6.65. The second kappa shape index (κ2) is 10.1. The molecule has 0 radical (unpaired) electrons. The summed E-state index contributed by atoms with van der Waals surface area (Å²) in [7, 11) is 0. The van der Waals surface area contributed by atoms with Crippen LogP contribution in [-0.4, -0.2) is 82.7 Å². The van der Waals surface area contributed by atoms with Gasteiger partial charge in [-0.3, -0.25) is 29.4 Å². The Morgan fingerprint density at radius 3 is 2.51 bits per heavy atom. The van der Waals surface area contributed by atoms with Crippen molar-refractivity contribution in [3.8, 4) is 5.75 Å². The molecule has 1 aromatic carbocycles. The molecule has 198 valence electrons. The minimum absolute atomic E-state index is 0.0566. The lowest BCUT2D eigenvalue weighted by molar-refractivity contribution is -0.145. The SMILES string of the molecule is O=C1CCC(N2Cc3cc(OC4CCCCC4N4CC(C(=O)N5CCCCC5)C4)ccc3C2=O)C(=O)N1. The van der Waals surface area contributed by atoms with Gasteiger partial charge in [0.2, 0.25) is 17.7 Å². The van der Waals surface area contributed by atoms with E-state index in [4.69, 9.17) is 4.74 Å². The van der Waals surface area contributed by atoms with Crippen molar-refractivity contribution in [3.63, 3.8) is 0 Å². The summed E-state index contributed by atoms with van der Waals surface area (Å²) in [5, 5.41) is 2.35. The number of carbonyl (C=O) groups is 4. The summed E-state index contributed by atoms with van der Waals surface area (Å²) in [4.78, 5) is 55.8. The Hall–Kier alpha value is -2.94. The van der Waals surface area contributed by atoms with Gasteiger partial charge in [-0.1, -0.05) is 6.42 Å². The van der Waals surface area contributed by atoms with Gasteiger partial charge in [-0.15, -0.1) is 0 Å². The normalized spacial score (nSPS) is 29.1. The zero-order valence-electron chi connectivity index (χ0n) is 21.3. The minimum atomic E-state index is -0.614. The van der Waals surface area contributed by atoms with Gasteiger partial charge in [-0.25, -0.2) is 0 Å². The van der Waals surface area contributed by atoms with Gasteiger partial charge in [-0.2, -0.15) is 0 Å². The molecule has 1 saturated carbocycles. The fourth-order valence-corrected chi connectivity index (χ4v) is 6.74. The molecular weight excluding hydrogens is 472 g/mol. The number of nitrogens with one attached hydrogen (secondary N) is 1. The molecule has 4 amide bonds. The molecule has 4 heterocycles. The van der Waals surface area contributed by atoms with E-state index in [9.17, 15) is 19.2 Å². The largest absolute Gasteiger partial charge is 0.489 e. The monoisotopic (exact) mass is 508 g/mol. The summed E-state index contributed by atoms with van der Waals surface area (Å²) in [6.45, 7) is 3.80. The molecule has 1 aromatic rings. The van der Waals surface area contributed by atoms with Gasteiger partial charge in [0.05, 0.1) is 5.92 Å². The van der Waals surface area contributed by atoms with Crippen molar-refractivity contribution in [2.24, 2.45) is 5.92 Å². The van der Waals surface area contributed by atoms with Gasteiger partial charge in [0.15, 0.2) is 0 Å². The van der Waals surface area contributed by atoms with Crippen LogP contribution in [0.15, 0.2) is 18.2 Å². The van der Waals surface area contributed by atoms with Crippen molar-refractivity contribution in [1.29, 1.82) is 0 Å². The van der Waals surface area contributed by atoms with Crippen LogP contribution in [0.2, 0.25) is 0 Å². The first-order valence-electron chi connectivity index (χ1n) is 13.9. The van der Waals surface area contributed by atoms with E-state index in [-0.39, 0.29) is 30.3 Å². The van der Waals surface area contributed by atoms with E-state index in [0.29, 0.717) is 30.5 Å². The zero-order valence-corrected chi connectivity index (χ0v) is 21.3. The van der Waals surface area contributed by atoms with E-state index in [1.165, 1.54) is 12.8 Å². The van der Waals surface area contributed by atoms with Crippen LogP contribution in [0.3, 0.4) is 0 Å². The van der Waals surface area contributed by atoms with E-state index in [2.05, 4.69) is 15.1 Å². The molecule has 0 aromatic heterocycles. The highest BCUT2D eigenvalue weighted by atomic mass is 16.5. The van der Waals surface area contributed by atoms with E-state index in [0.717, 1.165) is 69.6 Å². The number of ether oxygens (including phenoxy) is 1. The first-order chi connectivity index (χ1) is 18.0. The quantitative estimate of drug-likeness (QED) is 0.612. The lowest BCUT2D eigenvalue weighted by Gasteiger charge is -2.48. The highest BCUT2D eigenvalue weighted by Crippen LogP contribution is 2.35. The topological polar surface area (TPSA) is 99.3 Å². The van der Waals surface area contributed by atoms with Gasteiger partial charge in [0.25, 0.3) is 5.91 Å². The standard InChI is InChI=1S/C28H36N4O5/c33-25-11-10-23(26(34)29-25)32-17-18-14-20(8-9-21(18)28(32)36)37-24-7-3-2-6-22(24)31-15-19(16-31)27(35)30-12-4-1-5-13-30/h8-9,14,19,22-24H,1-7,10-13,15-17H2,(H,29,33,34). The van der Waals surface area contributed by atoms with Gasteiger partial charge >= 0.3 is 0 Å². The number of fused-ring (bicyclic) bond motifs is 1. The van der Waals surface area contributed by atoms with Crippen LogP contribution in [0.5, 0.6) is 5.75 Å². The second-order valence-electron chi connectivity index (χ2n) is 11.3. The van der Waals surface area contributed by atoms with Gasteiger partial charge in [0, 0.05) is 50.7 Å². The fourth-order valence-electron chi connectivity index (χ4n) is 6.74. The molecule has 1 N–H and O–H groups in total. The number of likely N-dealkylation sites (tertiary alicyclic amines) is 2. The Balaban J connectivity index is 1.08. The smallest absolute Gasteiger partial charge is 0.255 e. The molecule has 9 nitrogen and oxygen atoms in total.